The number of ether oxygens (including phenoxy) is 2. The first-order valence-electron chi connectivity index (χ1n) is 5.30. The van der Waals surface area contributed by atoms with Gasteiger partial charge in [0.1, 0.15) is 0 Å². The van der Waals surface area contributed by atoms with Crippen LogP contribution in [0.2, 0.25) is 0 Å². The molecule has 15 heavy (non-hydrogen) atoms. The molecule has 0 aromatic heterocycles. The molecule has 1 fully saturated rings. The summed E-state index contributed by atoms with van der Waals surface area (Å²) in [5, 5.41) is 0. The van der Waals surface area contributed by atoms with Crippen LogP contribution in [0.1, 0.15) is 27.7 Å². The van der Waals surface area contributed by atoms with Gasteiger partial charge in [-0.1, -0.05) is 13.8 Å². The van der Waals surface area contributed by atoms with E-state index in [2.05, 4.69) is 0 Å². The van der Waals surface area contributed by atoms with Crippen molar-refractivity contribution in [3.63, 3.8) is 0 Å². The number of rotatable bonds is 4. The SMILES string of the molecule is CCOC(=O)[C@@H]1[C@@H](C(=O)OCC)C1(C)C. The molecule has 0 spiro atoms. The smallest absolute Gasteiger partial charge is 0.310 e. The molecule has 0 aromatic carbocycles. The fraction of sp³-hybridized carbons (Fsp3) is 0.818. The van der Waals surface area contributed by atoms with Crippen LogP contribution in [0.5, 0.6) is 0 Å². The van der Waals surface area contributed by atoms with E-state index in [1.165, 1.54) is 0 Å². The molecule has 1 aliphatic carbocycles. The van der Waals surface area contributed by atoms with Gasteiger partial charge in [0, 0.05) is 0 Å². The van der Waals surface area contributed by atoms with Crippen molar-refractivity contribution in [3.05, 3.63) is 0 Å². The Bertz CT molecular complexity index is 244. The molecule has 0 heterocycles. The lowest BCUT2D eigenvalue weighted by Crippen LogP contribution is -2.13. The number of carbonyl (C=O) groups is 2. The summed E-state index contributed by atoms with van der Waals surface area (Å²) in [5.74, 6) is -1.26. The first-order chi connectivity index (χ1) is 6.96. The fourth-order valence-electron chi connectivity index (χ4n) is 1.98. The lowest BCUT2D eigenvalue weighted by molar-refractivity contribution is -0.150. The van der Waals surface area contributed by atoms with Gasteiger partial charge in [-0.3, -0.25) is 9.59 Å². The maximum atomic E-state index is 11.5. The van der Waals surface area contributed by atoms with Gasteiger partial charge < -0.3 is 9.47 Å². The van der Waals surface area contributed by atoms with Crippen molar-refractivity contribution in [2.45, 2.75) is 27.7 Å². The van der Waals surface area contributed by atoms with Crippen LogP contribution in [-0.2, 0) is 19.1 Å². The number of hydrogen-bond donors (Lipinski definition) is 0. The van der Waals surface area contributed by atoms with Gasteiger partial charge in [-0.15, -0.1) is 0 Å². The van der Waals surface area contributed by atoms with E-state index in [-0.39, 0.29) is 29.2 Å². The third-order valence-electron chi connectivity index (χ3n) is 2.91. The van der Waals surface area contributed by atoms with Gasteiger partial charge in [-0.25, -0.2) is 0 Å². The van der Waals surface area contributed by atoms with Gasteiger partial charge in [0.25, 0.3) is 0 Å². The van der Waals surface area contributed by atoms with Gasteiger partial charge in [0.05, 0.1) is 25.0 Å². The van der Waals surface area contributed by atoms with Gasteiger partial charge in [-0.2, -0.15) is 0 Å². The zero-order valence-corrected chi connectivity index (χ0v) is 9.70. The van der Waals surface area contributed by atoms with Crippen LogP contribution in [-0.4, -0.2) is 25.2 Å². The summed E-state index contributed by atoms with van der Waals surface area (Å²) in [7, 11) is 0. The summed E-state index contributed by atoms with van der Waals surface area (Å²) in [6.45, 7) is 7.98. The summed E-state index contributed by atoms with van der Waals surface area (Å²) < 4.78 is 9.83. The molecule has 0 amide bonds. The molecule has 86 valence electrons. The van der Waals surface area contributed by atoms with E-state index in [4.69, 9.17) is 9.47 Å². The second-order valence-corrected chi connectivity index (χ2v) is 4.28. The van der Waals surface area contributed by atoms with E-state index in [9.17, 15) is 9.59 Å². The van der Waals surface area contributed by atoms with Crippen molar-refractivity contribution in [2.75, 3.05) is 13.2 Å². The van der Waals surface area contributed by atoms with Crippen molar-refractivity contribution in [3.8, 4) is 0 Å². The van der Waals surface area contributed by atoms with Crippen LogP contribution in [0.4, 0.5) is 0 Å². The summed E-state index contributed by atoms with van der Waals surface area (Å²) in [4.78, 5) is 23.0. The highest BCUT2D eigenvalue weighted by Gasteiger charge is 2.67. The molecule has 1 aliphatic rings. The summed E-state index contributed by atoms with van der Waals surface area (Å²) in [6.07, 6.45) is 0. The van der Waals surface area contributed by atoms with E-state index in [1.54, 1.807) is 13.8 Å². The Hall–Kier alpha value is -1.06. The van der Waals surface area contributed by atoms with Gasteiger partial charge in [0.15, 0.2) is 0 Å². The summed E-state index contributed by atoms with van der Waals surface area (Å²) >= 11 is 0. The molecule has 0 radical (unpaired) electrons. The molecule has 0 saturated heterocycles. The first-order valence-corrected chi connectivity index (χ1v) is 5.30. The second kappa shape index (κ2) is 4.21. The summed E-state index contributed by atoms with van der Waals surface area (Å²) in [5.41, 5.74) is -0.321. The van der Waals surface area contributed by atoms with Crippen LogP contribution >= 0.6 is 0 Å². The number of esters is 2. The lowest BCUT2D eigenvalue weighted by atomic mass is 10.1. The highest BCUT2D eigenvalue weighted by atomic mass is 16.5. The Morgan fingerprint density at radius 3 is 1.60 bits per heavy atom. The van der Waals surface area contributed by atoms with Crippen molar-refractivity contribution in [2.24, 2.45) is 17.3 Å². The predicted octanol–water partition coefficient (Wildman–Crippen LogP) is 1.38. The summed E-state index contributed by atoms with van der Waals surface area (Å²) in [6, 6.07) is 0. The highest BCUT2D eigenvalue weighted by molar-refractivity contribution is 5.89. The van der Waals surface area contributed by atoms with Gasteiger partial charge in [-0.05, 0) is 19.3 Å². The van der Waals surface area contributed by atoms with E-state index in [0.29, 0.717) is 13.2 Å². The van der Waals surface area contributed by atoms with Crippen LogP contribution in [0.3, 0.4) is 0 Å². The lowest BCUT2D eigenvalue weighted by Gasteiger charge is -2.01. The monoisotopic (exact) mass is 214 g/mol. The molecule has 0 N–H and O–H groups in total. The zero-order valence-electron chi connectivity index (χ0n) is 9.70. The van der Waals surface area contributed by atoms with Gasteiger partial charge >= 0.3 is 11.9 Å². The molecule has 4 heteroatoms. The van der Waals surface area contributed by atoms with Crippen LogP contribution in [0, 0.1) is 17.3 Å². The molecule has 0 unspecified atom stereocenters. The Balaban J connectivity index is 2.62. The maximum absolute atomic E-state index is 11.5. The average molecular weight is 214 g/mol. The normalized spacial score (nSPS) is 26.9. The second-order valence-electron chi connectivity index (χ2n) is 4.28. The van der Waals surface area contributed by atoms with E-state index in [0.717, 1.165) is 0 Å². The molecular formula is C11H18O4. The topological polar surface area (TPSA) is 52.6 Å². The maximum Gasteiger partial charge on any atom is 0.310 e. The minimum absolute atomic E-state index is 0.291. The first kappa shape index (κ1) is 12.0. The van der Waals surface area contributed by atoms with Crippen LogP contribution in [0.25, 0.3) is 0 Å². The van der Waals surface area contributed by atoms with Crippen molar-refractivity contribution >= 4 is 11.9 Å². The highest BCUT2D eigenvalue weighted by Crippen LogP contribution is 2.59. The Labute approximate surface area is 89.9 Å². The Morgan fingerprint density at radius 2 is 1.33 bits per heavy atom. The minimum atomic E-state index is -0.337. The van der Waals surface area contributed by atoms with Crippen LogP contribution < -0.4 is 0 Å². The minimum Gasteiger partial charge on any atom is -0.466 e. The standard InChI is InChI=1S/C11H18O4/c1-5-14-9(12)7-8(11(7,3)4)10(13)15-6-2/h7-8H,5-6H2,1-4H3/t7-,8-/m0/s1. The number of carbonyl (C=O) groups excluding carboxylic acids is 2. The molecule has 1 rings (SSSR count). The van der Waals surface area contributed by atoms with E-state index in [1.807, 2.05) is 13.8 Å². The Morgan fingerprint density at radius 1 is 1.00 bits per heavy atom. The molecule has 4 nitrogen and oxygen atoms in total. The molecule has 1 saturated carbocycles. The quantitative estimate of drug-likeness (QED) is 0.663. The van der Waals surface area contributed by atoms with E-state index >= 15 is 0 Å². The third kappa shape index (κ3) is 2.13. The van der Waals surface area contributed by atoms with E-state index < -0.39 is 0 Å². The van der Waals surface area contributed by atoms with Crippen LogP contribution in [0.15, 0.2) is 0 Å². The third-order valence-corrected chi connectivity index (χ3v) is 2.91. The largest absolute Gasteiger partial charge is 0.466 e. The fourth-order valence-corrected chi connectivity index (χ4v) is 1.98. The van der Waals surface area contributed by atoms with Crippen molar-refractivity contribution in [1.82, 2.24) is 0 Å². The average Bonchev–Trinajstić information content (AvgIpc) is 2.70. The molecular weight excluding hydrogens is 196 g/mol. The molecule has 2 atom stereocenters. The molecule has 0 bridgehead atoms. The molecule has 0 aromatic rings. The number of hydrogen-bond acceptors (Lipinski definition) is 4. The van der Waals surface area contributed by atoms with Crippen molar-refractivity contribution in [1.29, 1.82) is 0 Å². The zero-order chi connectivity index (χ0) is 11.6. The molecule has 0 aliphatic heterocycles. The van der Waals surface area contributed by atoms with Gasteiger partial charge in [0.2, 0.25) is 0 Å². The Kier molecular flexibility index (Phi) is 3.37. The van der Waals surface area contributed by atoms with Crippen molar-refractivity contribution < 1.29 is 19.1 Å². The predicted molar refractivity (Wildman–Crippen MR) is 54.0 cm³/mol.